The van der Waals surface area contributed by atoms with Crippen molar-refractivity contribution in [3.63, 3.8) is 0 Å². The minimum atomic E-state index is -0.819. The molecule has 0 spiro atoms. The molecular weight excluding hydrogens is 325 g/mol. The van der Waals surface area contributed by atoms with Gasteiger partial charge in [-0.1, -0.05) is 97.0 Å². The van der Waals surface area contributed by atoms with E-state index in [0.29, 0.717) is 6.61 Å². The van der Waals surface area contributed by atoms with Crippen molar-refractivity contribution in [1.82, 2.24) is 0 Å². The van der Waals surface area contributed by atoms with E-state index in [1.165, 1.54) is 77.0 Å². The maximum absolute atomic E-state index is 11.3. The first-order valence-electron chi connectivity index (χ1n) is 9.75. The summed E-state index contributed by atoms with van der Waals surface area (Å²) in [6, 6.07) is 0. The van der Waals surface area contributed by atoms with Gasteiger partial charge in [0.2, 0.25) is 0 Å². The van der Waals surface area contributed by atoms with E-state index in [1.54, 1.807) is 0 Å². The van der Waals surface area contributed by atoms with Gasteiger partial charge in [-0.15, -0.1) is 0 Å². The molecule has 0 aliphatic carbocycles. The Morgan fingerprint density at radius 1 is 0.800 bits per heavy atom. The second-order valence-electron chi connectivity index (χ2n) is 6.57. The van der Waals surface area contributed by atoms with Crippen molar-refractivity contribution in [3.05, 3.63) is 12.2 Å². The summed E-state index contributed by atoms with van der Waals surface area (Å²) in [7, 11) is 0. The minimum absolute atomic E-state index is 0. The van der Waals surface area contributed by atoms with Gasteiger partial charge in [0.15, 0.2) is 0 Å². The predicted octanol–water partition coefficient (Wildman–Crippen LogP) is 2.17. The number of carbonyl (C=O) groups is 2. The number of primary amides is 1. The summed E-state index contributed by atoms with van der Waals surface area (Å²) in [4.78, 5) is 22.0. The molecule has 0 aromatic rings. The van der Waals surface area contributed by atoms with E-state index in [0.717, 1.165) is 12.8 Å². The van der Waals surface area contributed by atoms with Crippen LogP contribution in [0.4, 0.5) is 0 Å². The topological polar surface area (TPSA) is 69.4 Å². The Bertz CT molecular complexity index is 365. The molecule has 0 aliphatic rings. The van der Waals surface area contributed by atoms with Crippen LogP contribution < -0.4 is 35.3 Å². The zero-order valence-electron chi connectivity index (χ0n) is 17.6. The van der Waals surface area contributed by atoms with E-state index < -0.39 is 11.9 Å². The van der Waals surface area contributed by atoms with Gasteiger partial charge in [-0.3, -0.25) is 4.79 Å². The van der Waals surface area contributed by atoms with Gasteiger partial charge in [0.25, 0.3) is 5.91 Å². The van der Waals surface area contributed by atoms with Crippen LogP contribution in [0, 0.1) is 0 Å². The summed E-state index contributed by atoms with van der Waals surface area (Å²) in [5, 5.41) is 0. The maximum Gasteiger partial charge on any atom is 1.00 e. The Kier molecular flexibility index (Phi) is 21.5. The summed E-state index contributed by atoms with van der Waals surface area (Å²) < 4.78 is 4.93. The number of hydrogen-bond acceptors (Lipinski definition) is 3. The molecule has 0 fully saturated rings. The Labute approximate surface area is 178 Å². The van der Waals surface area contributed by atoms with Gasteiger partial charge in [0.05, 0.1) is 6.61 Å². The van der Waals surface area contributed by atoms with Crippen LogP contribution in [0.1, 0.15) is 98.2 Å². The molecule has 5 heteroatoms. The normalized spacial score (nSPS) is 10.1. The summed E-state index contributed by atoms with van der Waals surface area (Å²) >= 11 is 0. The van der Waals surface area contributed by atoms with Crippen molar-refractivity contribution in [2.45, 2.75) is 96.8 Å². The average Bonchev–Trinajstić information content (AvgIpc) is 2.57. The molecule has 0 heterocycles. The van der Waals surface area contributed by atoms with Crippen molar-refractivity contribution in [2.24, 2.45) is 5.73 Å². The molecule has 2 N–H and O–H groups in total. The van der Waals surface area contributed by atoms with Gasteiger partial charge in [0, 0.05) is 0 Å². The van der Waals surface area contributed by atoms with Crippen molar-refractivity contribution < 1.29 is 45.3 Å². The number of rotatable bonds is 17. The number of amides is 1. The Hall–Kier alpha value is -0.320. The van der Waals surface area contributed by atoms with Crippen LogP contribution in [0.15, 0.2) is 12.2 Å². The molecule has 1 amide bonds. The molecule has 25 heavy (non-hydrogen) atoms. The van der Waals surface area contributed by atoms with Crippen molar-refractivity contribution >= 4 is 11.9 Å². The molecule has 4 nitrogen and oxygen atoms in total. The zero-order valence-corrected chi connectivity index (χ0v) is 18.6. The standard InChI is InChI=1S/C20H37NO3.Na.H/c1-3-4-5-6-7-8-9-10-11-12-13-14-15-16-17-24-20(23)18(2)19(21)22;;/h2-17H2,1H3,(H2,21,22);;/q;+1;-1. The molecular formula is C20H38NNaO3. The largest absolute Gasteiger partial charge is 1.00 e. The molecule has 0 bridgehead atoms. The maximum atomic E-state index is 11.3. The number of esters is 1. The van der Waals surface area contributed by atoms with E-state index in [1.807, 2.05) is 0 Å². The van der Waals surface area contributed by atoms with Crippen LogP contribution in [-0.2, 0) is 14.3 Å². The van der Waals surface area contributed by atoms with E-state index in [4.69, 9.17) is 10.5 Å². The quantitative estimate of drug-likeness (QED) is 0.108. The monoisotopic (exact) mass is 363 g/mol. The molecule has 0 saturated heterocycles. The van der Waals surface area contributed by atoms with Crippen LogP contribution in [0.2, 0.25) is 0 Å². The summed E-state index contributed by atoms with van der Waals surface area (Å²) in [5.74, 6) is -1.52. The minimum Gasteiger partial charge on any atom is -1.00 e. The number of hydrogen-bond donors (Lipinski definition) is 1. The van der Waals surface area contributed by atoms with Gasteiger partial charge in [-0.2, -0.15) is 0 Å². The second-order valence-corrected chi connectivity index (χ2v) is 6.57. The van der Waals surface area contributed by atoms with Crippen LogP contribution >= 0.6 is 0 Å². The first-order chi connectivity index (χ1) is 11.6. The molecule has 0 unspecified atom stereocenters. The molecule has 142 valence electrons. The number of unbranched alkanes of at least 4 members (excludes halogenated alkanes) is 13. The second kappa shape index (κ2) is 20.0. The Morgan fingerprint density at radius 2 is 1.16 bits per heavy atom. The predicted molar refractivity (Wildman–Crippen MR) is 101 cm³/mol. The van der Waals surface area contributed by atoms with E-state index in [9.17, 15) is 9.59 Å². The third-order valence-electron chi connectivity index (χ3n) is 4.27. The first-order valence-corrected chi connectivity index (χ1v) is 9.75. The van der Waals surface area contributed by atoms with Gasteiger partial charge in [-0.25, -0.2) is 4.79 Å². The fraction of sp³-hybridized carbons (Fsp3) is 0.800. The molecule has 0 atom stereocenters. The fourth-order valence-electron chi connectivity index (χ4n) is 2.65. The smallest absolute Gasteiger partial charge is 1.00 e. The van der Waals surface area contributed by atoms with Gasteiger partial charge >= 0.3 is 35.5 Å². The first kappa shape index (κ1) is 26.9. The number of ether oxygens (including phenoxy) is 1. The fourth-order valence-corrected chi connectivity index (χ4v) is 2.65. The zero-order chi connectivity index (χ0) is 18.0. The molecule has 0 aliphatic heterocycles. The molecule has 0 radical (unpaired) electrons. The van der Waals surface area contributed by atoms with Gasteiger partial charge in [-0.05, 0) is 6.42 Å². The van der Waals surface area contributed by atoms with Crippen molar-refractivity contribution in [2.75, 3.05) is 6.61 Å². The van der Waals surface area contributed by atoms with E-state index >= 15 is 0 Å². The number of carbonyl (C=O) groups excluding carboxylic acids is 2. The van der Waals surface area contributed by atoms with Gasteiger partial charge in [0.1, 0.15) is 5.57 Å². The van der Waals surface area contributed by atoms with Crippen molar-refractivity contribution in [3.8, 4) is 0 Å². The third-order valence-corrected chi connectivity index (χ3v) is 4.27. The van der Waals surface area contributed by atoms with Crippen LogP contribution in [0.3, 0.4) is 0 Å². The molecule has 0 rings (SSSR count). The summed E-state index contributed by atoms with van der Waals surface area (Å²) in [6.45, 7) is 5.89. The summed E-state index contributed by atoms with van der Waals surface area (Å²) in [5.41, 5.74) is 4.68. The molecule has 0 aromatic heterocycles. The van der Waals surface area contributed by atoms with E-state index in [-0.39, 0.29) is 36.6 Å². The van der Waals surface area contributed by atoms with Crippen LogP contribution in [0.25, 0.3) is 0 Å². The number of nitrogens with two attached hydrogens (primary N) is 1. The SMILES string of the molecule is C=C(C(N)=O)C(=O)OCCCCCCCCCCCCCCCC.[H-].[Na+]. The Morgan fingerprint density at radius 3 is 1.52 bits per heavy atom. The molecule has 0 saturated carbocycles. The van der Waals surface area contributed by atoms with Gasteiger partial charge < -0.3 is 11.9 Å². The Balaban J connectivity index is -0.00000264. The van der Waals surface area contributed by atoms with Crippen LogP contribution in [-0.4, -0.2) is 18.5 Å². The van der Waals surface area contributed by atoms with E-state index in [2.05, 4.69) is 13.5 Å². The third kappa shape index (κ3) is 18.3. The molecule has 0 aromatic carbocycles. The summed E-state index contributed by atoms with van der Waals surface area (Å²) in [6.07, 6.45) is 18.0. The average molecular weight is 364 g/mol. The van der Waals surface area contributed by atoms with Crippen LogP contribution in [0.5, 0.6) is 0 Å². The van der Waals surface area contributed by atoms with Crippen molar-refractivity contribution in [1.29, 1.82) is 0 Å².